The first-order valence-electron chi connectivity index (χ1n) is 4.75. The lowest BCUT2D eigenvalue weighted by Crippen LogP contribution is -2.27. The van der Waals surface area contributed by atoms with Crippen molar-refractivity contribution in [3.63, 3.8) is 0 Å². The van der Waals surface area contributed by atoms with E-state index in [1.807, 2.05) is 0 Å². The Balaban J connectivity index is 2.42. The maximum atomic E-state index is 5.07. The van der Waals surface area contributed by atoms with E-state index in [-0.39, 0.29) is 0 Å². The maximum absolute atomic E-state index is 5.07. The van der Waals surface area contributed by atoms with Crippen LogP contribution in [0.4, 0.5) is 0 Å². The van der Waals surface area contributed by atoms with Crippen LogP contribution in [0.25, 0.3) is 11.0 Å². The number of fused-ring (bicyclic) bond motifs is 1. The topological polar surface area (TPSA) is 18.0 Å². The van der Waals surface area contributed by atoms with Crippen molar-refractivity contribution in [1.29, 1.82) is 0 Å². The Kier molecular flexibility index (Phi) is 2.50. The number of ether oxygens (including phenoxy) is 1. The second kappa shape index (κ2) is 3.80. The summed E-state index contributed by atoms with van der Waals surface area (Å²) in [4.78, 5) is 0. The van der Waals surface area contributed by atoms with Gasteiger partial charge in [0.15, 0.2) is 6.20 Å². The molecule has 2 aromatic heterocycles. The zero-order valence-electron chi connectivity index (χ0n) is 8.60. The summed E-state index contributed by atoms with van der Waals surface area (Å²) in [5.41, 5.74) is 2.51. The Morgan fingerprint density at radius 2 is 2.29 bits per heavy atom. The molecular formula is C11H15N2O+. The van der Waals surface area contributed by atoms with E-state index >= 15 is 0 Å². The van der Waals surface area contributed by atoms with Crippen molar-refractivity contribution in [3.8, 4) is 0 Å². The lowest BCUT2D eigenvalue weighted by Gasteiger charge is -2.02. The van der Waals surface area contributed by atoms with Crippen molar-refractivity contribution in [3.05, 3.63) is 30.6 Å². The van der Waals surface area contributed by atoms with Gasteiger partial charge in [-0.05, 0) is 6.07 Å². The molecular weight excluding hydrogens is 176 g/mol. The smallest absolute Gasteiger partial charge is 0.230 e. The number of hydrogen-bond donors (Lipinski definition) is 0. The predicted molar refractivity (Wildman–Crippen MR) is 55.0 cm³/mol. The van der Waals surface area contributed by atoms with Crippen molar-refractivity contribution < 1.29 is 9.30 Å². The summed E-state index contributed by atoms with van der Waals surface area (Å²) < 4.78 is 9.40. The van der Waals surface area contributed by atoms with E-state index in [0.717, 1.165) is 13.2 Å². The molecule has 0 amide bonds. The van der Waals surface area contributed by atoms with Crippen LogP contribution in [-0.2, 0) is 18.3 Å². The molecule has 0 atom stereocenters. The SMILES string of the molecule is COCCn1ccc2c1ccc[n+]2C. The third kappa shape index (κ3) is 1.51. The number of hydrogen-bond acceptors (Lipinski definition) is 1. The standard InChI is InChI=1S/C11H15N2O/c1-12-6-3-4-11-10(12)5-7-13(11)8-9-14-2/h3-7H,8-9H2,1-2H3/q+1. The van der Waals surface area contributed by atoms with E-state index in [0.29, 0.717) is 0 Å². The summed E-state index contributed by atoms with van der Waals surface area (Å²) in [6, 6.07) is 6.32. The number of aromatic nitrogens is 2. The predicted octanol–water partition coefficient (Wildman–Crippen LogP) is 1.11. The highest BCUT2D eigenvalue weighted by molar-refractivity contribution is 5.72. The monoisotopic (exact) mass is 191 g/mol. The number of nitrogens with zero attached hydrogens (tertiary/aromatic N) is 2. The fourth-order valence-corrected chi connectivity index (χ4v) is 1.68. The van der Waals surface area contributed by atoms with Crippen LogP contribution in [0.15, 0.2) is 30.6 Å². The van der Waals surface area contributed by atoms with Crippen molar-refractivity contribution in [1.82, 2.24) is 4.57 Å². The van der Waals surface area contributed by atoms with Gasteiger partial charge in [0.2, 0.25) is 5.52 Å². The molecule has 3 heteroatoms. The average molecular weight is 191 g/mol. The molecule has 14 heavy (non-hydrogen) atoms. The molecule has 0 spiro atoms. The molecule has 0 saturated heterocycles. The molecule has 0 aliphatic heterocycles. The van der Waals surface area contributed by atoms with Crippen molar-refractivity contribution >= 4 is 11.0 Å². The normalized spacial score (nSPS) is 11.0. The van der Waals surface area contributed by atoms with Crippen LogP contribution >= 0.6 is 0 Å². The zero-order valence-corrected chi connectivity index (χ0v) is 8.60. The number of rotatable bonds is 3. The van der Waals surface area contributed by atoms with Crippen LogP contribution in [0, 0.1) is 0 Å². The molecule has 2 rings (SSSR count). The maximum Gasteiger partial charge on any atom is 0.230 e. The first-order chi connectivity index (χ1) is 6.83. The molecule has 2 aromatic rings. The second-order valence-electron chi connectivity index (χ2n) is 3.39. The molecule has 0 radical (unpaired) electrons. The van der Waals surface area contributed by atoms with Gasteiger partial charge in [0.25, 0.3) is 0 Å². The highest BCUT2D eigenvalue weighted by atomic mass is 16.5. The Morgan fingerprint density at radius 1 is 1.43 bits per heavy atom. The molecule has 0 bridgehead atoms. The fourth-order valence-electron chi connectivity index (χ4n) is 1.68. The Morgan fingerprint density at radius 3 is 3.07 bits per heavy atom. The molecule has 0 unspecified atom stereocenters. The second-order valence-corrected chi connectivity index (χ2v) is 3.39. The van der Waals surface area contributed by atoms with E-state index in [2.05, 4.69) is 46.8 Å². The lowest BCUT2D eigenvalue weighted by atomic mass is 10.4. The molecule has 0 saturated carbocycles. The van der Waals surface area contributed by atoms with Gasteiger partial charge >= 0.3 is 0 Å². The zero-order chi connectivity index (χ0) is 9.97. The first kappa shape index (κ1) is 9.21. The van der Waals surface area contributed by atoms with Crippen LogP contribution in [0.3, 0.4) is 0 Å². The number of pyridine rings is 1. The molecule has 0 aliphatic carbocycles. The minimum absolute atomic E-state index is 0.752. The van der Waals surface area contributed by atoms with Gasteiger partial charge in [0.05, 0.1) is 6.61 Å². The molecule has 0 fully saturated rings. The Labute approximate surface area is 83.5 Å². The molecule has 0 N–H and O–H groups in total. The van der Waals surface area contributed by atoms with Crippen LogP contribution in [0.5, 0.6) is 0 Å². The largest absolute Gasteiger partial charge is 0.383 e. The first-order valence-corrected chi connectivity index (χ1v) is 4.75. The van der Waals surface area contributed by atoms with E-state index in [4.69, 9.17) is 4.74 Å². The van der Waals surface area contributed by atoms with E-state index in [9.17, 15) is 0 Å². The van der Waals surface area contributed by atoms with E-state index in [1.54, 1.807) is 7.11 Å². The lowest BCUT2D eigenvalue weighted by molar-refractivity contribution is -0.644. The highest BCUT2D eigenvalue weighted by Crippen LogP contribution is 2.10. The summed E-state index contributed by atoms with van der Waals surface area (Å²) in [5, 5.41) is 0. The van der Waals surface area contributed by atoms with Gasteiger partial charge in [-0.2, -0.15) is 4.57 Å². The summed E-state index contributed by atoms with van der Waals surface area (Å²) in [6.45, 7) is 1.66. The third-order valence-electron chi connectivity index (χ3n) is 2.46. The van der Waals surface area contributed by atoms with Crippen molar-refractivity contribution in [2.75, 3.05) is 13.7 Å². The van der Waals surface area contributed by atoms with Crippen LogP contribution in [0.2, 0.25) is 0 Å². The van der Waals surface area contributed by atoms with Crippen LogP contribution in [-0.4, -0.2) is 18.3 Å². The van der Waals surface area contributed by atoms with Gasteiger partial charge < -0.3 is 9.30 Å². The summed E-state index contributed by atoms with van der Waals surface area (Å²) in [6.07, 6.45) is 4.16. The third-order valence-corrected chi connectivity index (χ3v) is 2.46. The quantitative estimate of drug-likeness (QED) is 0.665. The number of aryl methyl sites for hydroxylation is 1. The fraction of sp³-hybridized carbons (Fsp3) is 0.364. The summed E-state index contributed by atoms with van der Waals surface area (Å²) >= 11 is 0. The summed E-state index contributed by atoms with van der Waals surface area (Å²) in [7, 11) is 3.79. The summed E-state index contributed by atoms with van der Waals surface area (Å²) in [5.74, 6) is 0. The average Bonchev–Trinajstić information content (AvgIpc) is 2.60. The molecule has 3 nitrogen and oxygen atoms in total. The Bertz CT molecular complexity index is 434. The number of methoxy groups -OCH3 is 1. The van der Waals surface area contributed by atoms with Crippen molar-refractivity contribution in [2.24, 2.45) is 7.05 Å². The van der Waals surface area contributed by atoms with Gasteiger partial charge in [-0.25, -0.2) is 0 Å². The van der Waals surface area contributed by atoms with E-state index in [1.165, 1.54) is 11.0 Å². The van der Waals surface area contributed by atoms with Crippen LogP contribution < -0.4 is 4.57 Å². The minimum Gasteiger partial charge on any atom is -0.383 e. The minimum atomic E-state index is 0.752. The van der Waals surface area contributed by atoms with Gasteiger partial charge in [0, 0.05) is 32.0 Å². The molecule has 74 valence electrons. The molecule has 0 aliphatic rings. The van der Waals surface area contributed by atoms with Gasteiger partial charge in [-0.1, -0.05) is 0 Å². The van der Waals surface area contributed by atoms with Crippen LogP contribution in [0.1, 0.15) is 0 Å². The van der Waals surface area contributed by atoms with Gasteiger partial charge in [0.1, 0.15) is 12.6 Å². The highest BCUT2D eigenvalue weighted by Gasteiger charge is 2.07. The van der Waals surface area contributed by atoms with E-state index < -0.39 is 0 Å². The van der Waals surface area contributed by atoms with Gasteiger partial charge in [-0.15, -0.1) is 0 Å². The van der Waals surface area contributed by atoms with Gasteiger partial charge in [-0.3, -0.25) is 0 Å². The Hall–Kier alpha value is -1.35. The molecule has 2 heterocycles. The van der Waals surface area contributed by atoms with Crippen molar-refractivity contribution in [2.45, 2.75) is 6.54 Å². The molecule has 0 aromatic carbocycles.